The fourth-order valence-electron chi connectivity index (χ4n) is 3.05. The Labute approximate surface area is 154 Å². The van der Waals surface area contributed by atoms with Crippen molar-refractivity contribution in [3.05, 3.63) is 70.2 Å². The second-order valence-electron chi connectivity index (χ2n) is 6.13. The Morgan fingerprint density at radius 3 is 2.81 bits per heavy atom. The van der Waals surface area contributed by atoms with E-state index in [0.29, 0.717) is 16.6 Å². The molecule has 1 aliphatic heterocycles. The fraction of sp³-hybridized carbons (Fsp3) is 0.200. The third-order valence-electron chi connectivity index (χ3n) is 4.32. The van der Waals surface area contributed by atoms with Crippen molar-refractivity contribution in [1.82, 2.24) is 4.98 Å². The van der Waals surface area contributed by atoms with Crippen LogP contribution in [0.3, 0.4) is 0 Å². The number of carboxylic acids is 1. The molecule has 2 heterocycles. The van der Waals surface area contributed by atoms with Gasteiger partial charge in [0.1, 0.15) is 22.5 Å². The SMILES string of the molecule is Cc1nc(Oc2ccc3c(c2)CC[C@@H](c2ccccc2)O3)sc1C(=O)O. The lowest BCUT2D eigenvalue weighted by Crippen LogP contribution is -2.15. The van der Waals surface area contributed by atoms with Crippen LogP contribution in [0.4, 0.5) is 0 Å². The highest BCUT2D eigenvalue weighted by molar-refractivity contribution is 7.15. The number of nitrogens with zero attached hydrogens (tertiary/aromatic N) is 1. The van der Waals surface area contributed by atoms with Crippen LogP contribution in [-0.2, 0) is 6.42 Å². The van der Waals surface area contributed by atoms with E-state index < -0.39 is 5.97 Å². The maximum absolute atomic E-state index is 11.1. The minimum Gasteiger partial charge on any atom is -0.485 e. The van der Waals surface area contributed by atoms with Crippen molar-refractivity contribution in [2.75, 3.05) is 0 Å². The summed E-state index contributed by atoms with van der Waals surface area (Å²) in [5, 5.41) is 9.45. The van der Waals surface area contributed by atoms with Crippen LogP contribution in [0, 0.1) is 6.92 Å². The van der Waals surface area contributed by atoms with Gasteiger partial charge in [-0.25, -0.2) is 9.78 Å². The highest BCUT2D eigenvalue weighted by Crippen LogP contribution is 2.38. The van der Waals surface area contributed by atoms with E-state index in [1.54, 1.807) is 6.92 Å². The van der Waals surface area contributed by atoms with E-state index >= 15 is 0 Å². The predicted octanol–water partition coefficient (Wildman–Crippen LogP) is 5.01. The second kappa shape index (κ2) is 6.80. The molecular weight excluding hydrogens is 350 g/mol. The van der Waals surface area contributed by atoms with Gasteiger partial charge in [0.25, 0.3) is 5.19 Å². The molecule has 4 rings (SSSR count). The number of aryl methyl sites for hydroxylation is 2. The van der Waals surface area contributed by atoms with Crippen LogP contribution in [0.2, 0.25) is 0 Å². The number of aromatic carboxylic acids is 1. The second-order valence-corrected chi connectivity index (χ2v) is 7.09. The van der Waals surface area contributed by atoms with Crippen LogP contribution >= 0.6 is 11.3 Å². The van der Waals surface area contributed by atoms with Crippen molar-refractivity contribution < 1.29 is 19.4 Å². The normalized spacial score (nSPS) is 15.8. The summed E-state index contributed by atoms with van der Waals surface area (Å²) in [6.45, 7) is 1.66. The molecule has 26 heavy (non-hydrogen) atoms. The minimum absolute atomic E-state index is 0.0650. The number of ether oxygens (including phenoxy) is 2. The van der Waals surface area contributed by atoms with Crippen molar-refractivity contribution in [2.24, 2.45) is 0 Å². The summed E-state index contributed by atoms with van der Waals surface area (Å²) in [6.07, 6.45) is 1.86. The molecule has 0 saturated heterocycles. The summed E-state index contributed by atoms with van der Waals surface area (Å²) in [4.78, 5) is 15.5. The first-order valence-electron chi connectivity index (χ1n) is 8.33. The first-order valence-corrected chi connectivity index (χ1v) is 9.15. The van der Waals surface area contributed by atoms with E-state index in [2.05, 4.69) is 17.1 Å². The first-order chi connectivity index (χ1) is 12.6. The average molecular weight is 367 g/mol. The molecule has 1 atom stereocenters. The molecular formula is C20H17NO4S. The molecule has 5 nitrogen and oxygen atoms in total. The summed E-state index contributed by atoms with van der Waals surface area (Å²) in [6, 6.07) is 15.9. The van der Waals surface area contributed by atoms with E-state index in [1.807, 2.05) is 36.4 Å². The van der Waals surface area contributed by atoms with Gasteiger partial charge in [-0.15, -0.1) is 0 Å². The van der Waals surface area contributed by atoms with E-state index in [1.165, 1.54) is 5.56 Å². The molecule has 1 N–H and O–H groups in total. The Balaban J connectivity index is 1.52. The number of thiazole rings is 1. The number of benzene rings is 2. The van der Waals surface area contributed by atoms with E-state index in [9.17, 15) is 4.79 Å². The van der Waals surface area contributed by atoms with Crippen LogP contribution in [0.1, 0.15) is 39.0 Å². The first kappa shape index (κ1) is 16.6. The zero-order valence-corrected chi connectivity index (χ0v) is 15.0. The quantitative estimate of drug-likeness (QED) is 0.702. The molecule has 0 saturated carbocycles. The molecule has 0 spiro atoms. The molecule has 0 amide bonds. The number of carbonyl (C=O) groups is 1. The Kier molecular flexibility index (Phi) is 4.34. The fourth-order valence-corrected chi connectivity index (χ4v) is 3.82. The number of rotatable bonds is 4. The molecule has 1 aromatic heterocycles. The van der Waals surface area contributed by atoms with Gasteiger partial charge in [0, 0.05) is 0 Å². The lowest BCUT2D eigenvalue weighted by molar-refractivity contribution is 0.0701. The van der Waals surface area contributed by atoms with Crippen molar-refractivity contribution in [2.45, 2.75) is 25.9 Å². The van der Waals surface area contributed by atoms with Crippen LogP contribution in [0.25, 0.3) is 0 Å². The summed E-state index contributed by atoms with van der Waals surface area (Å²) in [5.74, 6) is 0.510. The van der Waals surface area contributed by atoms with Crippen molar-refractivity contribution in [3.63, 3.8) is 0 Å². The zero-order valence-electron chi connectivity index (χ0n) is 14.1. The number of aromatic nitrogens is 1. The van der Waals surface area contributed by atoms with Crippen molar-refractivity contribution in [3.8, 4) is 16.7 Å². The largest absolute Gasteiger partial charge is 0.485 e. The molecule has 0 radical (unpaired) electrons. The van der Waals surface area contributed by atoms with Crippen LogP contribution in [0.5, 0.6) is 16.7 Å². The Bertz CT molecular complexity index is 952. The molecule has 0 aliphatic carbocycles. The van der Waals surface area contributed by atoms with Crippen molar-refractivity contribution in [1.29, 1.82) is 0 Å². The average Bonchev–Trinajstić information content (AvgIpc) is 3.02. The number of hydrogen-bond donors (Lipinski definition) is 1. The maximum atomic E-state index is 11.1. The monoisotopic (exact) mass is 367 g/mol. The van der Waals surface area contributed by atoms with Gasteiger partial charge < -0.3 is 14.6 Å². The Morgan fingerprint density at radius 1 is 1.27 bits per heavy atom. The Morgan fingerprint density at radius 2 is 2.08 bits per heavy atom. The van der Waals surface area contributed by atoms with Gasteiger partial charge in [0.15, 0.2) is 0 Å². The van der Waals surface area contributed by atoms with Gasteiger partial charge in [-0.2, -0.15) is 0 Å². The molecule has 0 bridgehead atoms. The lowest BCUT2D eigenvalue weighted by Gasteiger charge is -2.26. The van der Waals surface area contributed by atoms with E-state index in [0.717, 1.165) is 35.5 Å². The van der Waals surface area contributed by atoms with Gasteiger partial charge in [-0.05, 0) is 49.1 Å². The third-order valence-corrected chi connectivity index (χ3v) is 5.35. The van der Waals surface area contributed by atoms with Crippen LogP contribution < -0.4 is 9.47 Å². The molecule has 2 aromatic carbocycles. The zero-order chi connectivity index (χ0) is 18.1. The van der Waals surface area contributed by atoms with Crippen LogP contribution in [-0.4, -0.2) is 16.1 Å². The van der Waals surface area contributed by atoms with Gasteiger partial charge in [0.2, 0.25) is 0 Å². The maximum Gasteiger partial charge on any atom is 0.347 e. The minimum atomic E-state index is -0.986. The van der Waals surface area contributed by atoms with E-state index in [4.69, 9.17) is 14.6 Å². The van der Waals surface area contributed by atoms with Gasteiger partial charge in [0.05, 0.1) is 5.69 Å². The van der Waals surface area contributed by atoms with Gasteiger partial charge >= 0.3 is 5.97 Å². The standard InChI is InChI=1S/C20H17NO4S/c1-12-18(19(22)23)26-20(21-12)24-15-8-10-17-14(11-15)7-9-16(25-17)13-5-3-2-4-6-13/h2-6,8,10-11,16H,7,9H2,1H3,(H,22,23)/t16-/m0/s1. The third kappa shape index (κ3) is 3.28. The molecule has 0 fully saturated rings. The van der Waals surface area contributed by atoms with Gasteiger partial charge in [-0.3, -0.25) is 0 Å². The van der Waals surface area contributed by atoms with Gasteiger partial charge in [-0.1, -0.05) is 41.7 Å². The highest BCUT2D eigenvalue weighted by Gasteiger charge is 2.22. The topological polar surface area (TPSA) is 68.7 Å². The molecule has 3 aromatic rings. The highest BCUT2D eigenvalue weighted by atomic mass is 32.1. The summed E-state index contributed by atoms with van der Waals surface area (Å²) in [5.41, 5.74) is 2.73. The smallest absolute Gasteiger partial charge is 0.347 e. The molecule has 1 aliphatic rings. The molecule has 0 unspecified atom stereocenters. The van der Waals surface area contributed by atoms with Crippen LogP contribution in [0.15, 0.2) is 48.5 Å². The lowest BCUT2D eigenvalue weighted by atomic mass is 9.97. The summed E-state index contributed by atoms with van der Waals surface area (Å²) in [7, 11) is 0. The predicted molar refractivity (Wildman–Crippen MR) is 98.5 cm³/mol. The number of hydrogen-bond acceptors (Lipinski definition) is 5. The number of fused-ring (bicyclic) bond motifs is 1. The number of carboxylic acid groups (broad SMARTS) is 1. The summed E-state index contributed by atoms with van der Waals surface area (Å²) >= 11 is 1.03. The van der Waals surface area contributed by atoms with Crippen molar-refractivity contribution >= 4 is 17.3 Å². The Hall–Kier alpha value is -2.86. The molecule has 132 valence electrons. The summed E-state index contributed by atoms with van der Waals surface area (Å²) < 4.78 is 11.9. The van der Waals surface area contributed by atoms with E-state index in [-0.39, 0.29) is 11.0 Å². The molecule has 6 heteroatoms.